The van der Waals surface area contributed by atoms with Crippen molar-refractivity contribution in [3.63, 3.8) is 0 Å². The summed E-state index contributed by atoms with van der Waals surface area (Å²) in [6.45, 7) is 0. The van der Waals surface area contributed by atoms with Crippen LogP contribution in [0.5, 0.6) is 0 Å². The molecule has 1 saturated carbocycles. The average Bonchev–Trinajstić information content (AvgIpc) is 2.84. The summed E-state index contributed by atoms with van der Waals surface area (Å²) in [6.07, 6.45) is 3.52. The van der Waals surface area contributed by atoms with Gasteiger partial charge in [-0.25, -0.2) is 0 Å². The molecule has 0 heterocycles. The fourth-order valence-corrected chi connectivity index (χ4v) is 2.32. The highest BCUT2D eigenvalue weighted by molar-refractivity contribution is 9.28. The largest absolute Gasteiger partial charge is 0.0622 e. The highest BCUT2D eigenvalue weighted by atomic mass is 79.9. The predicted octanol–water partition coefficient (Wildman–Crippen LogP) is 4.42. The molecule has 0 radical (unpaired) electrons. The maximum absolute atomic E-state index is 3.39. The Bertz CT molecular complexity index is 312. The van der Waals surface area contributed by atoms with Gasteiger partial charge in [0.05, 0.1) is 3.39 Å². The number of hydrogen-bond acceptors (Lipinski definition) is 0. The summed E-state index contributed by atoms with van der Waals surface area (Å²) in [4.78, 5) is 0. The quantitative estimate of drug-likeness (QED) is 0.758. The Labute approximate surface area is 95.3 Å². The van der Waals surface area contributed by atoms with Crippen LogP contribution in [0.1, 0.15) is 17.9 Å². The Morgan fingerprint density at radius 3 is 2.54 bits per heavy atom. The van der Waals surface area contributed by atoms with E-state index in [0.717, 1.165) is 15.2 Å². The molecule has 13 heavy (non-hydrogen) atoms. The zero-order valence-electron chi connectivity index (χ0n) is 7.08. The lowest BCUT2D eigenvalue weighted by Crippen LogP contribution is -1.79. The van der Waals surface area contributed by atoms with Crippen LogP contribution in [0, 0.1) is 5.92 Å². The van der Waals surface area contributed by atoms with E-state index in [1.165, 1.54) is 12.0 Å². The normalized spacial score (nSPS) is 25.4. The molecule has 0 amide bonds. The molecule has 0 bridgehead atoms. The van der Waals surface area contributed by atoms with Gasteiger partial charge in [-0.1, -0.05) is 36.4 Å². The molecule has 0 unspecified atom stereocenters. The van der Waals surface area contributed by atoms with Crippen molar-refractivity contribution in [3.05, 3.63) is 45.4 Å². The van der Waals surface area contributed by atoms with Crippen LogP contribution < -0.4 is 0 Å². The fraction of sp³-hybridized carbons (Fsp3) is 0.273. The molecule has 2 rings (SSSR count). The highest BCUT2D eigenvalue weighted by Crippen LogP contribution is 2.49. The standard InChI is InChI=1S/C11H10Br2/c12-11(13)7-9-6-10(9)8-4-2-1-3-5-8/h1-5,7,9-10H,6H2/t9-,10-/m0/s1. The molecule has 1 fully saturated rings. The summed E-state index contributed by atoms with van der Waals surface area (Å²) in [5, 5.41) is 0. The van der Waals surface area contributed by atoms with Gasteiger partial charge in [-0.2, -0.15) is 0 Å². The van der Waals surface area contributed by atoms with Crippen molar-refractivity contribution in [2.75, 3.05) is 0 Å². The highest BCUT2D eigenvalue weighted by Gasteiger charge is 2.36. The van der Waals surface area contributed by atoms with E-state index in [-0.39, 0.29) is 0 Å². The van der Waals surface area contributed by atoms with Crippen LogP contribution in [-0.4, -0.2) is 0 Å². The Hall–Kier alpha value is -0.0800. The predicted molar refractivity (Wildman–Crippen MR) is 63.2 cm³/mol. The molecule has 0 aromatic heterocycles. The van der Waals surface area contributed by atoms with E-state index in [4.69, 9.17) is 0 Å². The molecule has 68 valence electrons. The van der Waals surface area contributed by atoms with E-state index in [1.807, 2.05) is 0 Å². The SMILES string of the molecule is BrC(Br)=C[C@@H]1C[C@H]1c1ccccc1. The third-order valence-electron chi connectivity index (χ3n) is 2.41. The Kier molecular flexibility index (Phi) is 2.89. The second-order valence-corrected chi connectivity index (χ2v) is 6.15. The van der Waals surface area contributed by atoms with Crippen molar-refractivity contribution in [3.8, 4) is 0 Å². The van der Waals surface area contributed by atoms with E-state index in [1.54, 1.807) is 0 Å². The van der Waals surface area contributed by atoms with Crippen molar-refractivity contribution < 1.29 is 0 Å². The minimum Gasteiger partial charge on any atom is -0.0622 e. The monoisotopic (exact) mass is 300 g/mol. The van der Waals surface area contributed by atoms with Gasteiger partial charge in [-0.15, -0.1) is 0 Å². The molecule has 0 N–H and O–H groups in total. The van der Waals surface area contributed by atoms with Gasteiger partial charge in [0, 0.05) is 0 Å². The van der Waals surface area contributed by atoms with Crippen LogP contribution >= 0.6 is 31.9 Å². The molecular weight excluding hydrogens is 292 g/mol. The van der Waals surface area contributed by atoms with E-state index in [2.05, 4.69) is 68.3 Å². The van der Waals surface area contributed by atoms with Crippen LogP contribution in [0.2, 0.25) is 0 Å². The van der Waals surface area contributed by atoms with E-state index < -0.39 is 0 Å². The first-order chi connectivity index (χ1) is 6.27. The number of rotatable bonds is 2. The molecule has 0 spiro atoms. The Balaban J connectivity index is 2.05. The third kappa shape index (κ3) is 2.44. The Morgan fingerprint density at radius 1 is 1.23 bits per heavy atom. The first kappa shape index (κ1) is 9.47. The first-order valence-electron chi connectivity index (χ1n) is 4.35. The van der Waals surface area contributed by atoms with Gasteiger partial charge >= 0.3 is 0 Å². The van der Waals surface area contributed by atoms with Gasteiger partial charge < -0.3 is 0 Å². The van der Waals surface area contributed by atoms with Gasteiger partial charge in [0.15, 0.2) is 0 Å². The topological polar surface area (TPSA) is 0 Å². The van der Waals surface area contributed by atoms with Crippen molar-refractivity contribution in [1.29, 1.82) is 0 Å². The van der Waals surface area contributed by atoms with Crippen molar-refractivity contribution in [2.45, 2.75) is 12.3 Å². The van der Waals surface area contributed by atoms with Crippen molar-refractivity contribution >= 4 is 31.9 Å². The molecule has 1 aliphatic carbocycles. The van der Waals surface area contributed by atoms with E-state index >= 15 is 0 Å². The fourth-order valence-electron chi connectivity index (χ4n) is 1.64. The first-order valence-corrected chi connectivity index (χ1v) is 5.94. The summed E-state index contributed by atoms with van der Waals surface area (Å²) in [7, 11) is 0. The molecular formula is C11H10Br2. The molecule has 0 nitrogen and oxygen atoms in total. The molecule has 0 saturated heterocycles. The van der Waals surface area contributed by atoms with Crippen LogP contribution in [0.3, 0.4) is 0 Å². The number of benzene rings is 1. The second kappa shape index (κ2) is 3.97. The molecule has 1 aromatic rings. The van der Waals surface area contributed by atoms with Crippen LogP contribution in [-0.2, 0) is 0 Å². The van der Waals surface area contributed by atoms with Crippen molar-refractivity contribution in [2.24, 2.45) is 5.92 Å². The molecule has 1 aromatic carbocycles. The smallest absolute Gasteiger partial charge is 0.0567 e. The lowest BCUT2D eigenvalue weighted by atomic mass is 10.1. The van der Waals surface area contributed by atoms with Gasteiger partial charge in [0.1, 0.15) is 0 Å². The zero-order valence-corrected chi connectivity index (χ0v) is 10.3. The lowest BCUT2D eigenvalue weighted by Gasteiger charge is -1.95. The average molecular weight is 302 g/mol. The lowest BCUT2D eigenvalue weighted by molar-refractivity contribution is 1.01. The van der Waals surface area contributed by atoms with Gasteiger partial charge in [-0.05, 0) is 55.7 Å². The number of halogens is 2. The van der Waals surface area contributed by atoms with E-state index in [9.17, 15) is 0 Å². The van der Waals surface area contributed by atoms with Crippen LogP contribution in [0.25, 0.3) is 0 Å². The summed E-state index contributed by atoms with van der Waals surface area (Å²) >= 11 is 6.79. The number of hydrogen-bond donors (Lipinski definition) is 0. The maximum Gasteiger partial charge on any atom is 0.0567 e. The Morgan fingerprint density at radius 2 is 1.92 bits per heavy atom. The molecule has 2 heteroatoms. The van der Waals surface area contributed by atoms with Crippen molar-refractivity contribution in [1.82, 2.24) is 0 Å². The van der Waals surface area contributed by atoms with E-state index in [0.29, 0.717) is 0 Å². The third-order valence-corrected chi connectivity index (χ3v) is 2.94. The molecule has 2 atom stereocenters. The number of allylic oxidation sites excluding steroid dienone is 1. The summed E-state index contributed by atoms with van der Waals surface area (Å²) < 4.78 is 1.07. The second-order valence-electron chi connectivity index (χ2n) is 3.37. The van der Waals surface area contributed by atoms with Crippen LogP contribution in [0.15, 0.2) is 39.8 Å². The van der Waals surface area contributed by atoms with Gasteiger partial charge in [0.2, 0.25) is 0 Å². The molecule has 0 aliphatic heterocycles. The maximum atomic E-state index is 3.39. The zero-order chi connectivity index (χ0) is 9.26. The van der Waals surface area contributed by atoms with Crippen LogP contribution in [0.4, 0.5) is 0 Å². The summed E-state index contributed by atoms with van der Waals surface area (Å²) in [5.74, 6) is 1.46. The minimum atomic E-state index is 0.719. The van der Waals surface area contributed by atoms with Gasteiger partial charge in [0.25, 0.3) is 0 Å². The summed E-state index contributed by atoms with van der Waals surface area (Å²) in [6, 6.07) is 10.7. The summed E-state index contributed by atoms with van der Waals surface area (Å²) in [5.41, 5.74) is 1.46. The molecule has 1 aliphatic rings. The minimum absolute atomic E-state index is 0.719. The van der Waals surface area contributed by atoms with Gasteiger partial charge in [-0.3, -0.25) is 0 Å².